The first kappa shape index (κ1) is 12.1. The summed E-state index contributed by atoms with van der Waals surface area (Å²) in [5.74, 6) is 0.634. The van der Waals surface area contributed by atoms with Crippen LogP contribution in [0.3, 0.4) is 0 Å². The number of carbonyl (C=O) groups is 1. The van der Waals surface area contributed by atoms with Crippen LogP contribution in [0.15, 0.2) is 0 Å². The summed E-state index contributed by atoms with van der Waals surface area (Å²) in [6.45, 7) is 10.6. The third kappa shape index (κ3) is 2.07. The Hall–Kier alpha value is -1.36. The minimum atomic E-state index is -0.409. The van der Waals surface area contributed by atoms with Crippen LogP contribution in [0, 0.1) is 5.41 Å². The number of anilines is 1. The fourth-order valence-corrected chi connectivity index (χ4v) is 1.85. The average molecular weight is 236 g/mol. The van der Waals surface area contributed by atoms with Crippen molar-refractivity contribution in [3.8, 4) is 0 Å². The number of nitrogens with one attached hydrogen (secondary N) is 3. The van der Waals surface area contributed by atoms with E-state index in [-0.39, 0.29) is 11.4 Å². The highest BCUT2D eigenvalue weighted by molar-refractivity contribution is 5.94. The molecule has 0 aliphatic carbocycles. The van der Waals surface area contributed by atoms with Crippen LogP contribution in [0.4, 0.5) is 5.82 Å². The van der Waals surface area contributed by atoms with Crippen LogP contribution >= 0.6 is 0 Å². The Kier molecular flexibility index (Phi) is 2.54. The molecule has 5 heteroatoms. The van der Waals surface area contributed by atoms with Crippen molar-refractivity contribution in [1.82, 2.24) is 15.5 Å². The molecule has 2 rings (SSSR count). The molecule has 0 radical (unpaired) electrons. The summed E-state index contributed by atoms with van der Waals surface area (Å²) in [6, 6.07) is 0. The van der Waals surface area contributed by atoms with Gasteiger partial charge in [-0.1, -0.05) is 20.8 Å². The van der Waals surface area contributed by atoms with Crippen LogP contribution in [0.1, 0.15) is 45.9 Å². The molecule has 1 aliphatic heterocycles. The van der Waals surface area contributed by atoms with Crippen LogP contribution < -0.4 is 10.6 Å². The van der Waals surface area contributed by atoms with Crippen molar-refractivity contribution in [1.29, 1.82) is 0 Å². The minimum Gasteiger partial charge on any atom is -0.308 e. The summed E-state index contributed by atoms with van der Waals surface area (Å²) < 4.78 is 0. The van der Waals surface area contributed by atoms with Crippen LogP contribution in [0.25, 0.3) is 0 Å². The minimum absolute atomic E-state index is 0.0171. The Morgan fingerprint density at radius 3 is 2.65 bits per heavy atom. The lowest BCUT2D eigenvalue weighted by Crippen LogP contribution is -2.30. The molecule has 0 fully saturated rings. The van der Waals surface area contributed by atoms with Gasteiger partial charge in [0.1, 0.15) is 0 Å². The van der Waals surface area contributed by atoms with E-state index in [2.05, 4.69) is 34.7 Å². The van der Waals surface area contributed by atoms with Crippen LogP contribution in [0.2, 0.25) is 0 Å². The third-order valence-electron chi connectivity index (χ3n) is 3.11. The van der Waals surface area contributed by atoms with E-state index in [1.54, 1.807) is 0 Å². The molecule has 1 amide bonds. The normalized spacial score (nSPS) is 17.9. The lowest BCUT2D eigenvalue weighted by Gasteiger charge is -2.17. The molecule has 0 bridgehead atoms. The number of amides is 1. The summed E-state index contributed by atoms with van der Waals surface area (Å²) in [5, 5.41) is 13.4. The topological polar surface area (TPSA) is 69.8 Å². The second-order valence-corrected chi connectivity index (χ2v) is 6.11. The lowest BCUT2D eigenvalue weighted by atomic mass is 9.95. The molecule has 1 aromatic rings. The quantitative estimate of drug-likeness (QED) is 0.695. The number of aromatic nitrogens is 2. The number of H-pyrrole nitrogens is 1. The first-order valence-corrected chi connectivity index (χ1v) is 5.86. The molecule has 0 saturated carbocycles. The number of hydrogen-bond donors (Lipinski definition) is 3. The van der Waals surface area contributed by atoms with Crippen molar-refractivity contribution < 1.29 is 4.79 Å². The zero-order chi connectivity index (χ0) is 12.8. The number of hydrogen-bond acceptors (Lipinski definition) is 3. The van der Waals surface area contributed by atoms with Gasteiger partial charge in [-0.3, -0.25) is 9.89 Å². The van der Waals surface area contributed by atoms with Gasteiger partial charge >= 0.3 is 0 Å². The largest absolute Gasteiger partial charge is 0.308 e. The summed E-state index contributed by atoms with van der Waals surface area (Å²) in [7, 11) is 0. The molecule has 17 heavy (non-hydrogen) atoms. The molecule has 94 valence electrons. The molecule has 0 unspecified atom stereocenters. The fourth-order valence-electron chi connectivity index (χ4n) is 1.85. The zero-order valence-electron chi connectivity index (χ0n) is 11.1. The van der Waals surface area contributed by atoms with Gasteiger partial charge in [0.05, 0.1) is 11.2 Å². The van der Waals surface area contributed by atoms with Crippen molar-refractivity contribution in [3.05, 3.63) is 11.3 Å². The third-order valence-corrected chi connectivity index (χ3v) is 3.11. The number of aromatic amines is 1. The van der Waals surface area contributed by atoms with Crippen LogP contribution in [-0.2, 0) is 16.9 Å². The fraction of sp³-hybridized carbons (Fsp3) is 0.667. The summed E-state index contributed by atoms with van der Waals surface area (Å²) in [6.07, 6.45) is 0. The van der Waals surface area contributed by atoms with E-state index in [4.69, 9.17) is 0 Å². The molecule has 0 aromatic carbocycles. The van der Waals surface area contributed by atoms with Gasteiger partial charge in [-0.05, 0) is 13.8 Å². The maximum absolute atomic E-state index is 11.9. The van der Waals surface area contributed by atoms with Gasteiger partial charge in [-0.25, -0.2) is 0 Å². The molecule has 0 spiro atoms. The number of rotatable bonds is 1. The predicted molar refractivity (Wildman–Crippen MR) is 66.5 cm³/mol. The van der Waals surface area contributed by atoms with Crippen molar-refractivity contribution in [2.45, 2.75) is 46.7 Å². The highest BCUT2D eigenvalue weighted by Gasteiger charge is 2.34. The molecule has 1 aliphatic rings. The Bertz CT molecular complexity index is 454. The van der Waals surface area contributed by atoms with E-state index in [1.807, 2.05) is 20.8 Å². The molecular weight excluding hydrogens is 216 g/mol. The average Bonchev–Trinajstić information content (AvgIpc) is 2.68. The highest BCUT2D eigenvalue weighted by atomic mass is 16.2. The van der Waals surface area contributed by atoms with E-state index in [0.717, 1.165) is 17.8 Å². The molecular formula is C12H20N4O. The molecule has 2 heterocycles. The summed E-state index contributed by atoms with van der Waals surface area (Å²) in [4.78, 5) is 11.9. The second-order valence-electron chi connectivity index (χ2n) is 6.11. The molecule has 0 saturated heterocycles. The Morgan fingerprint density at radius 2 is 2.06 bits per heavy atom. The maximum Gasteiger partial charge on any atom is 0.230 e. The van der Waals surface area contributed by atoms with Gasteiger partial charge in [0.15, 0.2) is 5.82 Å². The molecule has 3 N–H and O–H groups in total. The van der Waals surface area contributed by atoms with Crippen molar-refractivity contribution >= 4 is 11.7 Å². The molecule has 0 atom stereocenters. The number of nitrogens with zero attached hydrogens (tertiary/aromatic N) is 1. The Balaban J connectivity index is 2.24. The standard InChI is InChI=1S/C12H20N4O/c1-11(2,3)10(17)14-9-7-6-13-12(4,5)8(7)15-16-9/h13H,6H2,1-5H3,(H2,14,15,16,17). The molecule has 5 nitrogen and oxygen atoms in total. The van der Waals surface area contributed by atoms with Gasteiger partial charge in [-0.2, -0.15) is 5.10 Å². The monoisotopic (exact) mass is 236 g/mol. The smallest absolute Gasteiger partial charge is 0.230 e. The number of fused-ring (bicyclic) bond motifs is 1. The van der Waals surface area contributed by atoms with Crippen LogP contribution in [0.5, 0.6) is 0 Å². The lowest BCUT2D eigenvalue weighted by molar-refractivity contribution is -0.123. The van der Waals surface area contributed by atoms with E-state index in [9.17, 15) is 4.79 Å². The summed E-state index contributed by atoms with van der Waals surface area (Å²) >= 11 is 0. The van der Waals surface area contributed by atoms with Gasteiger partial charge in [0.25, 0.3) is 0 Å². The zero-order valence-corrected chi connectivity index (χ0v) is 11.1. The maximum atomic E-state index is 11.9. The first-order chi connectivity index (χ1) is 7.72. The summed E-state index contributed by atoms with van der Waals surface area (Å²) in [5.41, 5.74) is 1.61. The van der Waals surface area contributed by atoms with Crippen molar-refractivity contribution in [3.63, 3.8) is 0 Å². The number of carbonyl (C=O) groups excluding carboxylic acids is 1. The van der Waals surface area contributed by atoms with Gasteiger partial charge in [0.2, 0.25) is 5.91 Å². The van der Waals surface area contributed by atoms with E-state index >= 15 is 0 Å². The predicted octanol–water partition coefficient (Wildman–Crippen LogP) is 1.73. The van der Waals surface area contributed by atoms with E-state index in [1.165, 1.54) is 0 Å². The van der Waals surface area contributed by atoms with Crippen molar-refractivity contribution in [2.24, 2.45) is 5.41 Å². The van der Waals surface area contributed by atoms with Gasteiger partial charge < -0.3 is 10.6 Å². The van der Waals surface area contributed by atoms with Crippen molar-refractivity contribution in [2.75, 3.05) is 5.32 Å². The SMILES string of the molecule is CC(C)(C)C(=O)Nc1n[nH]c2c1CNC2(C)C. The van der Waals surface area contributed by atoms with Crippen LogP contribution in [-0.4, -0.2) is 16.1 Å². The molecule has 1 aromatic heterocycles. The second kappa shape index (κ2) is 3.57. The first-order valence-electron chi connectivity index (χ1n) is 5.86. The Labute approximate surface area is 101 Å². The van der Waals surface area contributed by atoms with Gasteiger partial charge in [-0.15, -0.1) is 0 Å². The highest BCUT2D eigenvalue weighted by Crippen LogP contribution is 2.33. The Morgan fingerprint density at radius 1 is 1.41 bits per heavy atom. The van der Waals surface area contributed by atoms with Gasteiger partial charge in [0, 0.05) is 17.5 Å². The van der Waals surface area contributed by atoms with E-state index in [0.29, 0.717) is 5.82 Å². The van der Waals surface area contributed by atoms with E-state index < -0.39 is 5.41 Å².